The third-order valence-electron chi connectivity index (χ3n) is 1.80. The van der Waals surface area contributed by atoms with E-state index in [1.807, 2.05) is 0 Å². The fourth-order valence-electron chi connectivity index (χ4n) is 1.08. The summed E-state index contributed by atoms with van der Waals surface area (Å²) in [4.78, 5) is 31.8. The molecule has 0 atom stereocenters. The highest BCUT2D eigenvalue weighted by molar-refractivity contribution is 5.72. The lowest BCUT2D eigenvalue weighted by Crippen LogP contribution is -2.24. The lowest BCUT2D eigenvalue weighted by Gasteiger charge is -2.06. The molecule has 80 valence electrons. The van der Waals surface area contributed by atoms with Crippen molar-refractivity contribution in [3.63, 3.8) is 0 Å². The van der Waals surface area contributed by atoms with E-state index in [0.717, 1.165) is 0 Å². The highest BCUT2D eigenvalue weighted by atomic mass is 16.3. The van der Waals surface area contributed by atoms with Crippen LogP contribution in [0.1, 0.15) is 6.92 Å². The zero-order valence-corrected chi connectivity index (χ0v) is 8.27. The Kier molecular flexibility index (Phi) is 3.73. The quantitative estimate of drug-likeness (QED) is 0.728. The average Bonchev–Trinajstić information content (AvgIpc) is 2.20. The van der Waals surface area contributed by atoms with E-state index in [1.165, 1.54) is 19.2 Å². The second-order valence-electron chi connectivity index (χ2n) is 3.01. The first-order valence-corrected chi connectivity index (χ1v) is 4.41. The van der Waals surface area contributed by atoms with Crippen molar-refractivity contribution in [2.45, 2.75) is 13.5 Å². The number of amides is 1. The van der Waals surface area contributed by atoms with Crippen molar-refractivity contribution in [2.75, 3.05) is 6.54 Å². The number of carbonyl (C=O) groups excluding carboxylic acids is 1. The topological polar surface area (TPSA) is 80.5 Å². The van der Waals surface area contributed by atoms with Gasteiger partial charge in [0.15, 0.2) is 5.69 Å². The fourth-order valence-corrected chi connectivity index (χ4v) is 1.08. The Balaban J connectivity index is 2.66. The van der Waals surface area contributed by atoms with Crippen molar-refractivity contribution in [3.05, 3.63) is 33.6 Å². The normalized spacial score (nSPS) is 9.67. The van der Waals surface area contributed by atoms with Crippen molar-refractivity contribution in [1.29, 1.82) is 0 Å². The molecule has 1 N–H and O–H groups in total. The molecular weight excluding hydrogens is 198 g/mol. The van der Waals surface area contributed by atoms with Crippen LogP contribution in [0.5, 0.6) is 0 Å². The fraction of sp³-hybridized carbons (Fsp3) is 0.333. The summed E-state index contributed by atoms with van der Waals surface area (Å²) in [5.74, 6) is -0.121. The Morgan fingerprint density at radius 1 is 1.60 bits per heavy atom. The zero-order valence-electron chi connectivity index (χ0n) is 8.27. The monoisotopic (exact) mass is 209 g/mol. The van der Waals surface area contributed by atoms with Crippen LogP contribution in [0.2, 0.25) is 0 Å². The van der Waals surface area contributed by atoms with Gasteiger partial charge in [-0.15, -0.1) is 4.91 Å². The molecule has 0 aliphatic heterocycles. The first kappa shape index (κ1) is 11.1. The first-order chi connectivity index (χ1) is 7.13. The van der Waals surface area contributed by atoms with Crippen molar-refractivity contribution in [1.82, 2.24) is 9.88 Å². The Morgan fingerprint density at radius 2 is 2.33 bits per heavy atom. The average molecular weight is 209 g/mol. The number of aromatic nitrogens is 1. The van der Waals surface area contributed by atoms with Gasteiger partial charge in [-0.2, -0.15) is 0 Å². The predicted octanol–water partition coefficient (Wildman–Crippen LogP) is 0.382. The molecule has 0 aromatic carbocycles. The van der Waals surface area contributed by atoms with Crippen LogP contribution in [0.15, 0.2) is 28.4 Å². The molecule has 0 unspecified atom stereocenters. The molecule has 0 saturated heterocycles. The highest BCUT2D eigenvalue weighted by Crippen LogP contribution is 2.01. The maximum absolute atomic E-state index is 11.0. The lowest BCUT2D eigenvalue weighted by molar-refractivity contribution is -0.118. The molecule has 0 saturated carbocycles. The number of pyridine rings is 1. The minimum absolute atomic E-state index is 0.121. The summed E-state index contributed by atoms with van der Waals surface area (Å²) in [6.07, 6.45) is 2.90. The third-order valence-corrected chi connectivity index (χ3v) is 1.80. The van der Waals surface area contributed by atoms with E-state index in [-0.39, 0.29) is 11.6 Å². The number of nitroso groups, excluding NO2 is 1. The second-order valence-corrected chi connectivity index (χ2v) is 3.01. The smallest absolute Gasteiger partial charge is 0.216 e. The molecular formula is C9H11N3O3. The van der Waals surface area contributed by atoms with Crippen molar-refractivity contribution in [2.24, 2.45) is 5.18 Å². The zero-order chi connectivity index (χ0) is 11.3. The van der Waals surface area contributed by atoms with Crippen LogP contribution in [-0.4, -0.2) is 17.0 Å². The maximum Gasteiger partial charge on any atom is 0.216 e. The van der Waals surface area contributed by atoms with Gasteiger partial charge in [-0.05, 0) is 5.18 Å². The minimum Gasteiger partial charge on any atom is -0.355 e. The number of nitrogens with zero attached hydrogens (tertiary/aromatic N) is 2. The van der Waals surface area contributed by atoms with Crippen molar-refractivity contribution < 1.29 is 4.79 Å². The molecule has 1 rings (SSSR count). The van der Waals surface area contributed by atoms with Gasteiger partial charge in [0.1, 0.15) is 0 Å². The first-order valence-electron chi connectivity index (χ1n) is 4.41. The van der Waals surface area contributed by atoms with Gasteiger partial charge in [0.2, 0.25) is 11.3 Å². The van der Waals surface area contributed by atoms with Gasteiger partial charge >= 0.3 is 0 Å². The number of hydrogen-bond acceptors (Lipinski definition) is 4. The summed E-state index contributed by atoms with van der Waals surface area (Å²) in [7, 11) is 0. The molecule has 0 aliphatic rings. The number of hydrogen-bond donors (Lipinski definition) is 1. The van der Waals surface area contributed by atoms with Crippen LogP contribution in [0.3, 0.4) is 0 Å². The lowest BCUT2D eigenvalue weighted by atomic mass is 10.4. The molecule has 15 heavy (non-hydrogen) atoms. The van der Waals surface area contributed by atoms with E-state index in [2.05, 4.69) is 10.5 Å². The highest BCUT2D eigenvalue weighted by Gasteiger charge is 1.99. The van der Waals surface area contributed by atoms with E-state index in [0.29, 0.717) is 13.1 Å². The summed E-state index contributed by atoms with van der Waals surface area (Å²) in [6.45, 7) is 2.35. The Labute approximate surface area is 85.9 Å². The van der Waals surface area contributed by atoms with Gasteiger partial charge in [0.05, 0.1) is 0 Å². The van der Waals surface area contributed by atoms with Gasteiger partial charge in [-0.1, -0.05) is 0 Å². The van der Waals surface area contributed by atoms with E-state index >= 15 is 0 Å². The summed E-state index contributed by atoms with van der Waals surface area (Å²) in [5, 5.41) is 5.20. The van der Waals surface area contributed by atoms with Crippen LogP contribution < -0.4 is 10.7 Å². The summed E-state index contributed by atoms with van der Waals surface area (Å²) in [5.41, 5.74) is -0.527. The van der Waals surface area contributed by atoms with Gasteiger partial charge < -0.3 is 9.88 Å². The van der Waals surface area contributed by atoms with Crippen LogP contribution in [0.4, 0.5) is 5.69 Å². The molecule has 0 radical (unpaired) electrons. The standard InChI is InChI=1S/C9H11N3O3/c1-7(13)10-3-5-12-4-2-9(14)8(6-12)11-15/h2,4,6H,3,5H2,1H3,(H,10,13). The number of carbonyl (C=O) groups is 1. The Bertz CT molecular complexity index is 425. The minimum atomic E-state index is -0.402. The van der Waals surface area contributed by atoms with Crippen molar-refractivity contribution in [3.8, 4) is 0 Å². The summed E-state index contributed by atoms with van der Waals surface area (Å²) in [6, 6.07) is 1.27. The maximum atomic E-state index is 11.0. The van der Waals surface area contributed by atoms with Crippen LogP contribution in [-0.2, 0) is 11.3 Å². The second kappa shape index (κ2) is 5.04. The van der Waals surface area contributed by atoms with Gasteiger partial charge in [0, 0.05) is 38.5 Å². The van der Waals surface area contributed by atoms with Gasteiger partial charge in [-0.25, -0.2) is 0 Å². The molecule has 0 fully saturated rings. The Hall–Kier alpha value is -1.98. The van der Waals surface area contributed by atoms with Crippen LogP contribution in [0.25, 0.3) is 0 Å². The number of rotatable bonds is 4. The largest absolute Gasteiger partial charge is 0.355 e. The van der Waals surface area contributed by atoms with Gasteiger partial charge in [-0.3, -0.25) is 9.59 Å². The molecule has 6 heteroatoms. The molecule has 0 aliphatic carbocycles. The van der Waals surface area contributed by atoms with Crippen LogP contribution in [0, 0.1) is 4.91 Å². The molecule has 1 aromatic rings. The molecule has 1 amide bonds. The Morgan fingerprint density at radius 3 is 2.93 bits per heavy atom. The summed E-state index contributed by atoms with van der Waals surface area (Å²) < 4.78 is 1.62. The van der Waals surface area contributed by atoms with Gasteiger partial charge in [0.25, 0.3) is 0 Å². The SMILES string of the molecule is CC(=O)NCCn1ccc(=O)c(N=O)c1. The van der Waals surface area contributed by atoms with E-state index in [4.69, 9.17) is 0 Å². The number of nitrogens with one attached hydrogen (secondary N) is 1. The molecule has 6 nitrogen and oxygen atoms in total. The van der Waals surface area contributed by atoms with E-state index in [9.17, 15) is 14.5 Å². The summed E-state index contributed by atoms with van der Waals surface area (Å²) >= 11 is 0. The van der Waals surface area contributed by atoms with Crippen molar-refractivity contribution >= 4 is 11.6 Å². The van der Waals surface area contributed by atoms with Crippen LogP contribution >= 0.6 is 0 Å². The molecule has 0 spiro atoms. The third kappa shape index (κ3) is 3.34. The van der Waals surface area contributed by atoms with E-state index in [1.54, 1.807) is 10.8 Å². The molecule has 1 aromatic heterocycles. The van der Waals surface area contributed by atoms with E-state index < -0.39 is 5.43 Å². The predicted molar refractivity (Wildman–Crippen MR) is 54.8 cm³/mol. The molecule has 1 heterocycles. The molecule has 0 bridgehead atoms.